The van der Waals surface area contributed by atoms with Gasteiger partial charge in [0.25, 0.3) is 0 Å². The standard InChI is InChI=1S/C21H22N6O6.2ClH.Pt/c22-7-8-23-12-19(29)24-16-4-3-14-2-1-13(9-15(14)11-16)10-18(28)25-26-21(30)17-5-6-20(33-17)27(31)32;;;/h1-6,9,11,23H,7-8,10,12,22H2,(H,24,29)(H,25,28)(H,26,30);2*1H;/q;;;+4/p-2. The number of carbonyl (C=O) groups is 3. The normalized spacial score (nSPS) is 10.3. The average molecular weight is 720 g/mol. The summed E-state index contributed by atoms with van der Waals surface area (Å²) in [5, 5.41) is 18.1. The van der Waals surface area contributed by atoms with Gasteiger partial charge in [-0.25, -0.2) is 0 Å². The number of nitrogens with one attached hydrogen (secondary N) is 4. The zero-order chi connectivity index (χ0) is 26.5. The Morgan fingerprint density at radius 3 is 2.39 bits per heavy atom. The fraction of sp³-hybridized carbons (Fsp3) is 0.190. The van der Waals surface area contributed by atoms with Crippen LogP contribution in [0.1, 0.15) is 16.1 Å². The number of rotatable bonds is 9. The Balaban J connectivity index is 0.00000145. The van der Waals surface area contributed by atoms with Crippen LogP contribution in [0, 0.1) is 10.1 Å². The molecule has 3 amide bonds. The molecule has 0 saturated carbocycles. The zero-order valence-electron chi connectivity index (χ0n) is 18.5. The van der Waals surface area contributed by atoms with E-state index < -0.39 is 39.1 Å². The summed E-state index contributed by atoms with van der Waals surface area (Å²) in [5.41, 5.74) is 11.1. The van der Waals surface area contributed by atoms with E-state index in [0.29, 0.717) is 24.3 Å². The van der Waals surface area contributed by atoms with Crippen LogP contribution in [0.2, 0.25) is 0 Å². The topological polar surface area (TPSA) is 182 Å². The first-order valence-corrected chi connectivity index (χ1v) is 15.8. The predicted octanol–water partition coefficient (Wildman–Crippen LogP) is 2.21. The fourth-order valence-corrected chi connectivity index (χ4v) is 2.96. The molecule has 0 bridgehead atoms. The monoisotopic (exact) mass is 719 g/mol. The van der Waals surface area contributed by atoms with Crippen LogP contribution in [-0.2, 0) is 32.5 Å². The molecule has 0 aliphatic carbocycles. The second kappa shape index (κ2) is 15.2. The fourth-order valence-electron chi connectivity index (χ4n) is 2.96. The van der Waals surface area contributed by atoms with E-state index in [-0.39, 0.29) is 24.6 Å². The van der Waals surface area contributed by atoms with Gasteiger partial charge in [-0.2, -0.15) is 0 Å². The van der Waals surface area contributed by atoms with E-state index in [4.69, 9.17) is 29.0 Å². The molecule has 3 aromatic rings. The number of hydrogen-bond donors (Lipinski definition) is 5. The Morgan fingerprint density at radius 1 is 1.00 bits per heavy atom. The minimum absolute atomic E-state index is 0.0336. The molecule has 1 heterocycles. The van der Waals surface area contributed by atoms with Crippen molar-refractivity contribution in [3.63, 3.8) is 0 Å². The Morgan fingerprint density at radius 2 is 1.72 bits per heavy atom. The molecule has 0 spiro atoms. The van der Waals surface area contributed by atoms with E-state index in [1.54, 1.807) is 24.3 Å². The summed E-state index contributed by atoms with van der Waals surface area (Å²) >= 11 is -0.472. The number of nitro groups is 1. The molecule has 12 nitrogen and oxygen atoms in total. The van der Waals surface area contributed by atoms with Gasteiger partial charge in [-0.1, -0.05) is 24.3 Å². The third-order valence-corrected chi connectivity index (χ3v) is 4.47. The number of furan rings is 1. The van der Waals surface area contributed by atoms with Crippen molar-refractivity contribution in [2.24, 2.45) is 5.73 Å². The molecule has 0 aliphatic heterocycles. The van der Waals surface area contributed by atoms with E-state index in [1.807, 2.05) is 12.1 Å². The van der Waals surface area contributed by atoms with E-state index in [9.17, 15) is 24.5 Å². The Kier molecular flexibility index (Phi) is 12.3. The summed E-state index contributed by atoms with van der Waals surface area (Å²) < 4.78 is 4.77. The van der Waals surface area contributed by atoms with Crippen LogP contribution in [0.4, 0.5) is 11.6 Å². The van der Waals surface area contributed by atoms with Crippen molar-refractivity contribution in [3.05, 3.63) is 70.0 Å². The first-order chi connectivity index (χ1) is 17.3. The number of anilines is 1. The van der Waals surface area contributed by atoms with E-state index in [0.717, 1.165) is 22.9 Å². The number of nitrogens with zero attached hydrogens (tertiary/aromatic N) is 1. The first kappa shape index (κ1) is 29.2. The molecule has 0 fully saturated rings. The molecule has 194 valence electrons. The predicted molar refractivity (Wildman–Crippen MR) is 131 cm³/mol. The Hall–Kier alpha value is -3.02. The van der Waals surface area contributed by atoms with Crippen LogP contribution < -0.4 is 27.2 Å². The third kappa shape index (κ3) is 9.56. The van der Waals surface area contributed by atoms with Crippen molar-refractivity contribution >= 4 is 58.9 Å². The first-order valence-electron chi connectivity index (χ1n) is 10.2. The van der Waals surface area contributed by atoms with Gasteiger partial charge < -0.3 is 20.8 Å². The molecule has 0 radical (unpaired) electrons. The van der Waals surface area contributed by atoms with Gasteiger partial charge in [0, 0.05) is 18.8 Å². The quantitative estimate of drug-likeness (QED) is 0.127. The second-order valence-electron chi connectivity index (χ2n) is 7.03. The van der Waals surface area contributed by atoms with Crippen molar-refractivity contribution in [1.82, 2.24) is 16.2 Å². The van der Waals surface area contributed by atoms with E-state index in [2.05, 4.69) is 21.5 Å². The van der Waals surface area contributed by atoms with Crippen molar-refractivity contribution in [2.45, 2.75) is 6.42 Å². The van der Waals surface area contributed by atoms with Crippen molar-refractivity contribution in [3.8, 4) is 0 Å². The number of amides is 3. The number of halogens is 2. The van der Waals surface area contributed by atoms with Crippen molar-refractivity contribution in [1.29, 1.82) is 0 Å². The van der Waals surface area contributed by atoms with Crippen LogP contribution in [0.3, 0.4) is 0 Å². The number of hydrogen-bond acceptors (Lipinski definition) is 8. The molecule has 0 atom stereocenters. The minimum atomic E-state index is -0.823. The molecule has 15 heteroatoms. The van der Waals surface area contributed by atoms with Gasteiger partial charge in [-0.3, -0.25) is 35.3 Å². The summed E-state index contributed by atoms with van der Waals surface area (Å²) in [6, 6.07) is 13.0. The number of fused-ring (bicyclic) bond motifs is 1. The van der Waals surface area contributed by atoms with E-state index >= 15 is 0 Å². The van der Waals surface area contributed by atoms with Gasteiger partial charge in [-0.15, -0.1) is 0 Å². The van der Waals surface area contributed by atoms with E-state index in [1.165, 1.54) is 0 Å². The number of nitrogens with two attached hydrogens (primary N) is 1. The van der Waals surface area contributed by atoms with Crippen LogP contribution in [0.25, 0.3) is 10.8 Å². The van der Waals surface area contributed by atoms with Crippen LogP contribution >= 0.6 is 18.8 Å². The molecule has 3 rings (SSSR count). The van der Waals surface area contributed by atoms with Crippen LogP contribution in [0.15, 0.2) is 52.9 Å². The van der Waals surface area contributed by atoms with Crippen LogP contribution in [0.5, 0.6) is 0 Å². The maximum atomic E-state index is 12.2. The van der Waals surface area contributed by atoms with Gasteiger partial charge in [0.15, 0.2) is 0 Å². The summed E-state index contributed by atoms with van der Waals surface area (Å²) in [6.45, 7) is 1.12. The molecule has 36 heavy (non-hydrogen) atoms. The maximum absolute atomic E-state index is 12.2. The molecule has 6 N–H and O–H groups in total. The molecule has 1 aromatic heterocycles. The SMILES string of the molecule is NCCNCC(=O)Nc1ccc2ccc(CC(=O)NNC(=O)c3ccc([N+](=O)[O-])o3)cc2c1.[Cl][Pt+2][Cl]. The van der Waals surface area contributed by atoms with Crippen molar-refractivity contribution in [2.75, 3.05) is 25.0 Å². The molecule has 0 unspecified atom stereocenters. The zero-order valence-corrected chi connectivity index (χ0v) is 22.3. The van der Waals surface area contributed by atoms with Gasteiger partial charge in [0.1, 0.15) is 4.92 Å². The number of hydrazine groups is 1. The van der Waals surface area contributed by atoms with Crippen LogP contribution in [-0.4, -0.2) is 42.3 Å². The average Bonchev–Trinajstić information content (AvgIpc) is 3.34. The van der Waals surface area contributed by atoms with Gasteiger partial charge in [0.05, 0.1) is 19.0 Å². The third-order valence-electron chi connectivity index (χ3n) is 4.47. The Bertz CT molecular complexity index is 1220. The molecule has 0 aliphatic rings. The molecular weight excluding hydrogens is 698 g/mol. The summed E-state index contributed by atoms with van der Waals surface area (Å²) in [6.07, 6.45) is -0.0336. The van der Waals surface area contributed by atoms with Gasteiger partial charge in [-0.05, 0) is 34.5 Å². The van der Waals surface area contributed by atoms with Crippen molar-refractivity contribution < 1.29 is 40.2 Å². The second-order valence-corrected chi connectivity index (χ2v) is 10.3. The summed E-state index contributed by atoms with van der Waals surface area (Å²) in [7, 11) is 9.75. The summed E-state index contributed by atoms with van der Waals surface area (Å²) in [4.78, 5) is 45.9. The molecular formula is C21H22Cl2N6O6Pt+2. The molecule has 2 aromatic carbocycles. The number of benzene rings is 2. The Labute approximate surface area is 221 Å². The number of carbonyl (C=O) groups excluding carboxylic acids is 3. The summed E-state index contributed by atoms with van der Waals surface area (Å²) in [5.74, 6) is -2.41. The molecule has 0 saturated heterocycles. The van der Waals surface area contributed by atoms with Gasteiger partial charge >= 0.3 is 47.1 Å². The van der Waals surface area contributed by atoms with Gasteiger partial charge in [0.2, 0.25) is 17.6 Å².